The molecule has 3 heterocycles. The van der Waals surface area contributed by atoms with Crippen LogP contribution in [0.1, 0.15) is 35.0 Å². The fraction of sp³-hybridized carbons (Fsp3) is 0.500. The number of esters is 1. The number of nitrogens with zero attached hydrogens (tertiary/aromatic N) is 3. The molecule has 1 saturated heterocycles. The summed E-state index contributed by atoms with van der Waals surface area (Å²) in [7, 11) is 0. The van der Waals surface area contributed by atoms with Crippen molar-refractivity contribution in [2.45, 2.75) is 33.2 Å². The molecule has 0 unspecified atom stereocenters. The molecule has 1 amide bonds. The predicted molar refractivity (Wildman–Crippen MR) is 90.4 cm³/mol. The van der Waals surface area contributed by atoms with Gasteiger partial charge in [0, 0.05) is 13.1 Å². The lowest BCUT2D eigenvalue weighted by atomic mass is 10.2. The number of hydrogen-bond donors (Lipinski definition) is 0. The minimum atomic E-state index is -0.447. The fourth-order valence-electron chi connectivity index (χ4n) is 2.88. The lowest BCUT2D eigenvalue weighted by Gasteiger charge is -2.15. The number of ether oxygens (including phenoxy) is 1. The molecule has 8 heteroatoms. The zero-order valence-electron chi connectivity index (χ0n) is 13.7. The Morgan fingerprint density at radius 1 is 1.33 bits per heavy atom. The number of amides is 1. The zero-order valence-corrected chi connectivity index (χ0v) is 14.5. The van der Waals surface area contributed by atoms with E-state index in [2.05, 4.69) is 4.98 Å². The first kappa shape index (κ1) is 16.6. The van der Waals surface area contributed by atoms with Crippen molar-refractivity contribution in [3.63, 3.8) is 0 Å². The van der Waals surface area contributed by atoms with Gasteiger partial charge in [-0.05, 0) is 32.3 Å². The summed E-state index contributed by atoms with van der Waals surface area (Å²) in [6.45, 7) is 5.18. The number of carbonyl (C=O) groups is 2. The largest absolute Gasteiger partial charge is 0.462 e. The Labute approximate surface area is 142 Å². The van der Waals surface area contributed by atoms with E-state index in [0.717, 1.165) is 37.3 Å². The number of aromatic nitrogens is 2. The van der Waals surface area contributed by atoms with Gasteiger partial charge in [0.15, 0.2) is 0 Å². The molecule has 3 rings (SSSR count). The highest BCUT2D eigenvalue weighted by Gasteiger charge is 2.22. The van der Waals surface area contributed by atoms with E-state index in [9.17, 15) is 14.4 Å². The van der Waals surface area contributed by atoms with E-state index in [4.69, 9.17) is 4.74 Å². The van der Waals surface area contributed by atoms with Crippen molar-refractivity contribution < 1.29 is 14.3 Å². The van der Waals surface area contributed by atoms with Crippen LogP contribution in [-0.2, 0) is 16.1 Å². The Morgan fingerprint density at radius 2 is 2.04 bits per heavy atom. The second-order valence-corrected chi connectivity index (χ2v) is 6.72. The van der Waals surface area contributed by atoms with Crippen molar-refractivity contribution in [3.8, 4) is 0 Å². The Bertz CT molecular complexity index is 849. The Morgan fingerprint density at radius 3 is 2.71 bits per heavy atom. The Kier molecular flexibility index (Phi) is 4.66. The minimum Gasteiger partial charge on any atom is -0.462 e. The Balaban J connectivity index is 1.95. The molecule has 0 saturated carbocycles. The molecule has 0 spiro atoms. The normalized spacial score (nSPS) is 14.3. The van der Waals surface area contributed by atoms with Crippen molar-refractivity contribution in [1.29, 1.82) is 0 Å². The van der Waals surface area contributed by atoms with Gasteiger partial charge < -0.3 is 9.64 Å². The van der Waals surface area contributed by atoms with Gasteiger partial charge in [0.1, 0.15) is 16.3 Å². The summed E-state index contributed by atoms with van der Waals surface area (Å²) in [4.78, 5) is 43.8. The van der Waals surface area contributed by atoms with Gasteiger partial charge in [0.05, 0.1) is 18.3 Å². The lowest BCUT2D eigenvalue weighted by Crippen LogP contribution is -2.34. The van der Waals surface area contributed by atoms with E-state index < -0.39 is 5.97 Å². The van der Waals surface area contributed by atoms with E-state index in [1.165, 1.54) is 10.9 Å². The molecular formula is C16H19N3O4S. The summed E-state index contributed by atoms with van der Waals surface area (Å²) in [6.07, 6.45) is 3.39. The van der Waals surface area contributed by atoms with Crippen LogP contribution in [0.3, 0.4) is 0 Å². The summed E-state index contributed by atoms with van der Waals surface area (Å²) in [5, 5.41) is 0.389. The average molecular weight is 349 g/mol. The third-order valence-electron chi connectivity index (χ3n) is 4.14. The second-order valence-electron chi connectivity index (χ2n) is 5.72. The van der Waals surface area contributed by atoms with Gasteiger partial charge in [-0.2, -0.15) is 0 Å². The van der Waals surface area contributed by atoms with Crippen LogP contribution < -0.4 is 5.56 Å². The molecule has 0 aromatic carbocycles. The standard InChI is InChI=1S/C16H19N3O4S/c1-3-23-16(22)13-10(2)12-14(24-13)17-9-19(15(12)21)8-11(20)18-6-4-5-7-18/h9H,3-8H2,1-2H3. The minimum absolute atomic E-state index is 0.0220. The molecule has 1 fully saturated rings. The number of thiophene rings is 1. The summed E-state index contributed by atoms with van der Waals surface area (Å²) in [6, 6.07) is 0. The first-order valence-corrected chi connectivity index (χ1v) is 8.78. The molecule has 7 nitrogen and oxygen atoms in total. The van der Waals surface area contributed by atoms with Crippen molar-refractivity contribution >= 4 is 33.4 Å². The molecule has 0 bridgehead atoms. The number of fused-ring (bicyclic) bond motifs is 1. The monoisotopic (exact) mass is 349 g/mol. The highest BCUT2D eigenvalue weighted by atomic mass is 32.1. The quantitative estimate of drug-likeness (QED) is 0.783. The van der Waals surface area contributed by atoms with Crippen LogP contribution in [0.25, 0.3) is 10.2 Å². The molecule has 0 radical (unpaired) electrons. The average Bonchev–Trinajstić information content (AvgIpc) is 3.19. The SMILES string of the molecule is CCOC(=O)c1sc2ncn(CC(=O)N3CCCC3)c(=O)c2c1C. The summed E-state index contributed by atoms with van der Waals surface area (Å²) < 4.78 is 6.33. The molecule has 2 aromatic heterocycles. The molecule has 0 N–H and O–H groups in total. The van der Waals surface area contributed by atoms with Gasteiger partial charge in [-0.3, -0.25) is 14.2 Å². The maximum Gasteiger partial charge on any atom is 0.348 e. The van der Waals surface area contributed by atoms with Gasteiger partial charge in [0.25, 0.3) is 5.56 Å². The van der Waals surface area contributed by atoms with Gasteiger partial charge in [-0.1, -0.05) is 0 Å². The smallest absolute Gasteiger partial charge is 0.348 e. The number of carbonyl (C=O) groups excluding carboxylic acids is 2. The molecule has 0 aliphatic carbocycles. The van der Waals surface area contributed by atoms with Crippen LogP contribution >= 0.6 is 11.3 Å². The molecule has 2 aromatic rings. The molecule has 0 atom stereocenters. The van der Waals surface area contributed by atoms with Crippen LogP contribution in [0.15, 0.2) is 11.1 Å². The van der Waals surface area contributed by atoms with Crippen LogP contribution in [0.4, 0.5) is 0 Å². The summed E-state index contributed by atoms with van der Waals surface area (Å²) in [5.41, 5.74) is 0.269. The highest BCUT2D eigenvalue weighted by Crippen LogP contribution is 2.27. The number of rotatable bonds is 4. The van der Waals surface area contributed by atoms with E-state index >= 15 is 0 Å². The van der Waals surface area contributed by atoms with E-state index in [1.807, 2.05) is 0 Å². The van der Waals surface area contributed by atoms with Crippen LogP contribution in [0.2, 0.25) is 0 Å². The van der Waals surface area contributed by atoms with Gasteiger partial charge in [-0.15, -0.1) is 11.3 Å². The van der Waals surface area contributed by atoms with E-state index in [-0.39, 0.29) is 24.6 Å². The molecule has 1 aliphatic rings. The van der Waals surface area contributed by atoms with Gasteiger partial charge >= 0.3 is 5.97 Å². The zero-order chi connectivity index (χ0) is 17.3. The second kappa shape index (κ2) is 6.72. The Hall–Kier alpha value is -2.22. The number of hydrogen-bond acceptors (Lipinski definition) is 6. The fourth-order valence-corrected chi connectivity index (χ4v) is 3.91. The van der Waals surface area contributed by atoms with Crippen LogP contribution in [0.5, 0.6) is 0 Å². The molecule has 128 valence electrons. The summed E-state index contributed by atoms with van der Waals surface area (Å²) >= 11 is 1.14. The maximum absolute atomic E-state index is 12.7. The van der Waals surface area contributed by atoms with Crippen molar-refractivity contribution in [2.24, 2.45) is 0 Å². The van der Waals surface area contributed by atoms with Crippen molar-refractivity contribution in [1.82, 2.24) is 14.5 Å². The van der Waals surface area contributed by atoms with E-state index in [0.29, 0.717) is 20.7 Å². The topological polar surface area (TPSA) is 81.5 Å². The molecular weight excluding hydrogens is 330 g/mol. The molecule has 1 aliphatic heterocycles. The van der Waals surface area contributed by atoms with Gasteiger partial charge in [-0.25, -0.2) is 9.78 Å². The summed E-state index contributed by atoms with van der Waals surface area (Å²) in [5.74, 6) is -0.522. The molecule has 24 heavy (non-hydrogen) atoms. The number of aryl methyl sites for hydroxylation is 1. The van der Waals surface area contributed by atoms with Gasteiger partial charge in [0.2, 0.25) is 5.91 Å². The van der Waals surface area contributed by atoms with Crippen LogP contribution in [-0.4, -0.2) is 46.0 Å². The van der Waals surface area contributed by atoms with Crippen molar-refractivity contribution in [3.05, 3.63) is 27.1 Å². The van der Waals surface area contributed by atoms with Crippen LogP contribution in [0, 0.1) is 6.92 Å². The van der Waals surface area contributed by atoms with Crippen molar-refractivity contribution in [2.75, 3.05) is 19.7 Å². The first-order chi connectivity index (χ1) is 11.5. The first-order valence-electron chi connectivity index (χ1n) is 7.96. The number of likely N-dealkylation sites (tertiary alicyclic amines) is 1. The third kappa shape index (κ3) is 2.93. The van der Waals surface area contributed by atoms with E-state index in [1.54, 1.807) is 18.7 Å². The predicted octanol–water partition coefficient (Wildman–Crippen LogP) is 1.57. The highest BCUT2D eigenvalue weighted by molar-refractivity contribution is 7.20. The maximum atomic E-state index is 12.7. The third-order valence-corrected chi connectivity index (χ3v) is 5.32. The lowest BCUT2D eigenvalue weighted by molar-refractivity contribution is -0.130.